The van der Waals surface area contributed by atoms with Crippen LogP contribution in [0.5, 0.6) is 0 Å². The van der Waals surface area contributed by atoms with Crippen molar-refractivity contribution < 1.29 is 19.1 Å². The van der Waals surface area contributed by atoms with Crippen molar-refractivity contribution in [1.29, 1.82) is 0 Å². The number of rotatable bonds is 5. The number of hydrogen-bond donors (Lipinski definition) is 2. The quantitative estimate of drug-likeness (QED) is 0.434. The number of carbonyl (C=O) groups excluding carboxylic acids is 3. The van der Waals surface area contributed by atoms with Crippen molar-refractivity contribution >= 4 is 18.1 Å². The predicted octanol–water partition coefficient (Wildman–Crippen LogP) is 2.57. The average Bonchev–Trinajstić information content (AvgIpc) is 3.08. The maximum absolute atomic E-state index is 13.0. The largest absolute Gasteiger partial charge is 0.461 e. The first-order chi connectivity index (χ1) is 14.2. The van der Waals surface area contributed by atoms with Crippen LogP contribution >= 0.6 is 0 Å². The van der Waals surface area contributed by atoms with Gasteiger partial charge in [0.25, 0.3) is 0 Å². The van der Waals surface area contributed by atoms with E-state index in [4.69, 9.17) is 4.74 Å². The number of nitrogens with zero attached hydrogens (tertiary/aromatic N) is 3. The second-order valence-electron chi connectivity index (χ2n) is 9.54. The van der Waals surface area contributed by atoms with Crippen molar-refractivity contribution in [3.05, 3.63) is 17.0 Å². The zero-order valence-electron chi connectivity index (χ0n) is 18.2. The predicted molar refractivity (Wildman–Crippen MR) is 110 cm³/mol. The second kappa shape index (κ2) is 8.60. The molecule has 1 aromatic rings. The molecule has 1 saturated carbocycles. The number of aromatic nitrogens is 2. The number of esters is 1. The Morgan fingerprint density at radius 1 is 1.37 bits per heavy atom. The van der Waals surface area contributed by atoms with Crippen molar-refractivity contribution in [2.45, 2.75) is 66.0 Å². The SMILES string of the molecule is CCOC(=O)c1n[nH]c2c1CN(C(=O)NC1CC(C)(C)CC(C)(CN=C=O)C1)CC2. The Bertz CT molecular complexity index is 858. The van der Waals surface area contributed by atoms with Crippen LogP contribution < -0.4 is 5.32 Å². The fourth-order valence-electron chi connectivity index (χ4n) is 5.18. The molecule has 0 spiro atoms. The molecule has 0 saturated heterocycles. The normalized spacial score (nSPS) is 25.1. The molecular formula is C21H31N5O4. The van der Waals surface area contributed by atoms with Crippen LogP contribution in [0.15, 0.2) is 4.99 Å². The van der Waals surface area contributed by atoms with Crippen LogP contribution in [0.1, 0.15) is 68.7 Å². The summed E-state index contributed by atoms with van der Waals surface area (Å²) in [5, 5.41) is 10.2. The number of H-pyrrole nitrogens is 1. The van der Waals surface area contributed by atoms with E-state index in [1.807, 2.05) is 0 Å². The highest BCUT2D eigenvalue weighted by molar-refractivity contribution is 5.89. The summed E-state index contributed by atoms with van der Waals surface area (Å²) in [4.78, 5) is 41.3. The van der Waals surface area contributed by atoms with Gasteiger partial charge in [0, 0.05) is 30.3 Å². The van der Waals surface area contributed by atoms with E-state index in [9.17, 15) is 14.4 Å². The van der Waals surface area contributed by atoms with Gasteiger partial charge in [-0.15, -0.1) is 0 Å². The van der Waals surface area contributed by atoms with Crippen molar-refractivity contribution in [1.82, 2.24) is 20.4 Å². The molecule has 0 bridgehead atoms. The summed E-state index contributed by atoms with van der Waals surface area (Å²) >= 11 is 0. The average molecular weight is 418 g/mol. The summed E-state index contributed by atoms with van der Waals surface area (Å²) in [6, 6.07) is -0.163. The lowest BCUT2D eigenvalue weighted by Crippen LogP contribution is -2.52. The Morgan fingerprint density at radius 3 is 2.83 bits per heavy atom. The number of ether oxygens (including phenoxy) is 1. The standard InChI is InChI=1S/C21H31N5O4/c1-5-30-18(28)17-15-10-26(7-6-16(15)24-25-17)19(29)23-14-8-20(2,3)11-21(4,9-14)12-22-13-27/h14H,5-12H2,1-4H3,(H,23,29)(H,24,25). The molecule has 2 heterocycles. The van der Waals surface area contributed by atoms with E-state index in [0.717, 1.165) is 30.5 Å². The number of aliphatic imine (C=N–C) groups is 1. The molecule has 164 valence electrons. The number of isocyanates is 1. The fraction of sp³-hybridized carbons (Fsp3) is 0.714. The van der Waals surface area contributed by atoms with Crippen molar-refractivity contribution in [2.75, 3.05) is 19.7 Å². The van der Waals surface area contributed by atoms with E-state index in [-0.39, 0.29) is 35.2 Å². The van der Waals surface area contributed by atoms with E-state index in [2.05, 4.69) is 41.3 Å². The highest BCUT2D eigenvalue weighted by atomic mass is 16.5. The molecule has 0 aromatic carbocycles. The van der Waals surface area contributed by atoms with Crippen LogP contribution in [0.2, 0.25) is 0 Å². The van der Waals surface area contributed by atoms with Crippen LogP contribution in [-0.4, -0.2) is 58.9 Å². The number of nitrogens with one attached hydrogen (secondary N) is 2. The maximum atomic E-state index is 13.0. The number of hydrogen-bond acceptors (Lipinski definition) is 6. The number of carbonyl (C=O) groups is 2. The van der Waals surface area contributed by atoms with Gasteiger partial charge in [-0.2, -0.15) is 5.10 Å². The molecule has 0 radical (unpaired) electrons. The number of amides is 2. The third-order valence-corrected chi connectivity index (χ3v) is 5.99. The first kappa shape index (κ1) is 22.0. The lowest BCUT2D eigenvalue weighted by Gasteiger charge is -2.46. The van der Waals surface area contributed by atoms with E-state index in [0.29, 0.717) is 26.1 Å². The van der Waals surface area contributed by atoms with Gasteiger partial charge in [0.1, 0.15) is 0 Å². The van der Waals surface area contributed by atoms with Gasteiger partial charge in [0.15, 0.2) is 5.69 Å². The molecule has 1 fully saturated rings. The summed E-state index contributed by atoms with van der Waals surface area (Å²) in [7, 11) is 0. The van der Waals surface area contributed by atoms with Gasteiger partial charge in [-0.05, 0) is 37.0 Å². The number of aromatic amines is 1. The van der Waals surface area contributed by atoms with E-state index >= 15 is 0 Å². The Morgan fingerprint density at radius 2 is 2.13 bits per heavy atom. The minimum Gasteiger partial charge on any atom is -0.461 e. The molecule has 9 heteroatoms. The zero-order valence-corrected chi connectivity index (χ0v) is 18.2. The minimum absolute atomic E-state index is 0.0108. The molecule has 2 amide bonds. The molecule has 2 atom stereocenters. The molecule has 3 rings (SSSR count). The van der Waals surface area contributed by atoms with Crippen molar-refractivity contribution in [3.63, 3.8) is 0 Å². The van der Waals surface area contributed by atoms with Crippen LogP contribution in [0.4, 0.5) is 4.79 Å². The molecule has 1 aliphatic heterocycles. The Hall–Kier alpha value is -2.67. The highest BCUT2D eigenvalue weighted by Crippen LogP contribution is 2.46. The van der Waals surface area contributed by atoms with Crippen LogP contribution in [-0.2, 0) is 22.5 Å². The molecule has 2 aliphatic rings. The van der Waals surface area contributed by atoms with Gasteiger partial charge in [-0.1, -0.05) is 20.8 Å². The van der Waals surface area contributed by atoms with Gasteiger partial charge in [-0.25, -0.2) is 19.4 Å². The third kappa shape index (κ3) is 4.90. The maximum Gasteiger partial charge on any atom is 0.359 e. The number of fused-ring (bicyclic) bond motifs is 1. The van der Waals surface area contributed by atoms with Gasteiger partial charge in [0.05, 0.1) is 19.7 Å². The molecular weight excluding hydrogens is 386 g/mol. The molecule has 2 unspecified atom stereocenters. The molecule has 1 aromatic heterocycles. The molecule has 1 aliphatic carbocycles. The highest BCUT2D eigenvalue weighted by Gasteiger charge is 2.42. The third-order valence-electron chi connectivity index (χ3n) is 5.99. The van der Waals surface area contributed by atoms with Crippen LogP contribution in [0.3, 0.4) is 0 Å². The van der Waals surface area contributed by atoms with Crippen molar-refractivity contribution in [2.24, 2.45) is 15.8 Å². The summed E-state index contributed by atoms with van der Waals surface area (Å²) in [6.07, 6.45) is 4.79. The summed E-state index contributed by atoms with van der Waals surface area (Å²) in [6.45, 7) is 9.76. The zero-order chi connectivity index (χ0) is 21.9. The van der Waals surface area contributed by atoms with Gasteiger partial charge < -0.3 is 15.0 Å². The van der Waals surface area contributed by atoms with Crippen molar-refractivity contribution in [3.8, 4) is 0 Å². The topological polar surface area (TPSA) is 117 Å². The van der Waals surface area contributed by atoms with Gasteiger partial charge in [-0.3, -0.25) is 5.10 Å². The smallest absolute Gasteiger partial charge is 0.359 e. The minimum atomic E-state index is -0.474. The molecule has 9 nitrogen and oxygen atoms in total. The molecule has 30 heavy (non-hydrogen) atoms. The van der Waals surface area contributed by atoms with E-state index < -0.39 is 5.97 Å². The summed E-state index contributed by atoms with van der Waals surface area (Å²) < 4.78 is 5.07. The van der Waals surface area contributed by atoms with E-state index in [1.54, 1.807) is 17.9 Å². The number of urea groups is 1. The second-order valence-corrected chi connectivity index (χ2v) is 9.54. The fourth-order valence-corrected chi connectivity index (χ4v) is 5.18. The first-order valence-corrected chi connectivity index (χ1v) is 10.5. The Kier molecular flexibility index (Phi) is 6.31. The molecule has 2 N–H and O–H groups in total. The summed E-state index contributed by atoms with van der Waals surface area (Å²) in [5.74, 6) is -0.474. The Balaban J connectivity index is 1.68. The lowest BCUT2D eigenvalue weighted by atomic mass is 9.62. The first-order valence-electron chi connectivity index (χ1n) is 10.5. The van der Waals surface area contributed by atoms with E-state index in [1.165, 1.54) is 0 Å². The Labute approximate surface area is 176 Å². The van der Waals surface area contributed by atoms with Crippen LogP contribution in [0, 0.1) is 10.8 Å². The van der Waals surface area contributed by atoms with Gasteiger partial charge in [0.2, 0.25) is 6.08 Å². The monoisotopic (exact) mass is 417 g/mol. The lowest BCUT2D eigenvalue weighted by molar-refractivity contribution is 0.0516. The van der Waals surface area contributed by atoms with Crippen LogP contribution in [0.25, 0.3) is 0 Å². The van der Waals surface area contributed by atoms with Gasteiger partial charge >= 0.3 is 12.0 Å². The summed E-state index contributed by atoms with van der Waals surface area (Å²) in [5.41, 5.74) is 1.72.